The molecule has 1 saturated heterocycles. The standard InChI is InChI=1S/C16H23N3O3S.ClH/c1-2-18-23(21,22)14-6-5-12-7-9-19(15(12)11-14)16(20)10-13-4-3-8-17-13;/h5-6,11,13,17-18H,2-4,7-10H2,1H3;1H. The minimum Gasteiger partial charge on any atom is -0.313 e. The van der Waals surface area contributed by atoms with Crippen LogP contribution in [0.2, 0.25) is 0 Å². The number of carbonyl (C=O) groups is 1. The Morgan fingerprint density at radius 2 is 2.21 bits per heavy atom. The highest BCUT2D eigenvalue weighted by molar-refractivity contribution is 7.89. The second-order valence-electron chi connectivity index (χ2n) is 6.08. The maximum absolute atomic E-state index is 12.6. The first-order valence-electron chi connectivity index (χ1n) is 8.17. The molecule has 1 amide bonds. The molecule has 1 aromatic carbocycles. The van der Waals surface area contributed by atoms with Gasteiger partial charge in [-0.2, -0.15) is 0 Å². The number of fused-ring (bicyclic) bond motifs is 1. The Kier molecular flexibility index (Phi) is 6.25. The molecule has 2 heterocycles. The van der Waals surface area contributed by atoms with Gasteiger partial charge in [-0.1, -0.05) is 13.0 Å². The van der Waals surface area contributed by atoms with Gasteiger partial charge >= 0.3 is 0 Å². The maximum atomic E-state index is 12.6. The summed E-state index contributed by atoms with van der Waals surface area (Å²) >= 11 is 0. The molecule has 1 unspecified atom stereocenters. The topological polar surface area (TPSA) is 78.5 Å². The van der Waals surface area contributed by atoms with E-state index in [2.05, 4.69) is 10.0 Å². The van der Waals surface area contributed by atoms with Gasteiger partial charge in [0.1, 0.15) is 0 Å². The molecule has 0 radical (unpaired) electrons. The fourth-order valence-electron chi connectivity index (χ4n) is 3.31. The van der Waals surface area contributed by atoms with E-state index < -0.39 is 10.0 Å². The average molecular weight is 374 g/mol. The highest BCUT2D eigenvalue weighted by Crippen LogP contribution is 2.31. The Morgan fingerprint density at radius 1 is 1.42 bits per heavy atom. The number of hydrogen-bond donors (Lipinski definition) is 2. The molecular weight excluding hydrogens is 350 g/mol. The lowest BCUT2D eigenvalue weighted by Gasteiger charge is -2.20. The summed E-state index contributed by atoms with van der Waals surface area (Å²) in [7, 11) is -3.50. The first kappa shape index (κ1) is 19.2. The van der Waals surface area contributed by atoms with Crippen molar-refractivity contribution in [2.24, 2.45) is 0 Å². The van der Waals surface area contributed by atoms with Crippen molar-refractivity contribution in [1.29, 1.82) is 0 Å². The van der Waals surface area contributed by atoms with Crippen molar-refractivity contribution >= 4 is 34.0 Å². The second-order valence-corrected chi connectivity index (χ2v) is 7.85. The molecule has 1 aromatic rings. The predicted molar refractivity (Wildman–Crippen MR) is 96.3 cm³/mol. The first-order valence-corrected chi connectivity index (χ1v) is 9.66. The van der Waals surface area contributed by atoms with Crippen molar-refractivity contribution in [3.05, 3.63) is 23.8 Å². The van der Waals surface area contributed by atoms with Gasteiger partial charge in [-0.25, -0.2) is 13.1 Å². The van der Waals surface area contributed by atoms with E-state index in [-0.39, 0.29) is 29.3 Å². The van der Waals surface area contributed by atoms with Crippen LogP contribution in [0.25, 0.3) is 0 Å². The molecule has 24 heavy (non-hydrogen) atoms. The van der Waals surface area contributed by atoms with Gasteiger partial charge in [0.15, 0.2) is 0 Å². The monoisotopic (exact) mass is 373 g/mol. The minimum atomic E-state index is -3.50. The van der Waals surface area contributed by atoms with Gasteiger partial charge < -0.3 is 10.2 Å². The number of rotatable bonds is 5. The molecular formula is C16H24ClN3O3S. The van der Waals surface area contributed by atoms with Crippen LogP contribution in [0.4, 0.5) is 5.69 Å². The fourth-order valence-corrected chi connectivity index (χ4v) is 4.37. The zero-order valence-electron chi connectivity index (χ0n) is 13.7. The molecule has 2 aliphatic heterocycles. The summed E-state index contributed by atoms with van der Waals surface area (Å²) in [6.07, 6.45) is 3.39. The van der Waals surface area contributed by atoms with Crippen LogP contribution in [0, 0.1) is 0 Å². The van der Waals surface area contributed by atoms with E-state index in [1.54, 1.807) is 24.0 Å². The lowest BCUT2D eigenvalue weighted by Crippen LogP contribution is -2.35. The molecule has 3 rings (SSSR count). The summed E-state index contributed by atoms with van der Waals surface area (Å²) in [5, 5.41) is 3.33. The van der Waals surface area contributed by atoms with Gasteiger partial charge in [-0.15, -0.1) is 12.4 Å². The third-order valence-electron chi connectivity index (χ3n) is 4.48. The fraction of sp³-hybridized carbons (Fsp3) is 0.562. The van der Waals surface area contributed by atoms with E-state index in [4.69, 9.17) is 0 Å². The molecule has 2 aliphatic rings. The molecule has 1 fully saturated rings. The van der Waals surface area contributed by atoms with Crippen LogP contribution in [0.5, 0.6) is 0 Å². The Labute approximate surface area is 149 Å². The molecule has 6 nitrogen and oxygen atoms in total. The number of carbonyl (C=O) groups excluding carboxylic acids is 1. The van der Waals surface area contributed by atoms with Crippen molar-refractivity contribution in [3.8, 4) is 0 Å². The van der Waals surface area contributed by atoms with E-state index in [1.807, 2.05) is 6.07 Å². The SMILES string of the molecule is CCNS(=O)(=O)c1ccc2c(c1)N(C(=O)CC1CCCN1)CC2.Cl. The summed E-state index contributed by atoms with van der Waals surface area (Å²) in [5.41, 5.74) is 1.78. The number of nitrogens with one attached hydrogen (secondary N) is 2. The molecule has 0 aromatic heterocycles. The second kappa shape index (κ2) is 7.82. The molecule has 8 heteroatoms. The molecule has 0 bridgehead atoms. The Bertz CT molecular complexity index is 703. The van der Waals surface area contributed by atoms with Crippen molar-refractivity contribution in [3.63, 3.8) is 0 Å². The third-order valence-corrected chi connectivity index (χ3v) is 6.02. The number of nitrogens with zero attached hydrogens (tertiary/aromatic N) is 1. The van der Waals surface area contributed by atoms with Crippen molar-refractivity contribution in [2.75, 3.05) is 24.5 Å². The molecule has 1 atom stereocenters. The largest absolute Gasteiger partial charge is 0.313 e. The third kappa shape index (κ3) is 3.91. The predicted octanol–water partition coefficient (Wildman–Crippen LogP) is 1.44. The Hall–Kier alpha value is -1.15. The van der Waals surface area contributed by atoms with E-state index in [0.29, 0.717) is 19.5 Å². The van der Waals surface area contributed by atoms with E-state index in [9.17, 15) is 13.2 Å². The van der Waals surface area contributed by atoms with Crippen LogP contribution in [0.15, 0.2) is 23.1 Å². The number of benzene rings is 1. The van der Waals surface area contributed by atoms with Gasteiger partial charge in [0, 0.05) is 31.2 Å². The van der Waals surface area contributed by atoms with Gasteiger partial charge in [-0.05, 0) is 43.5 Å². The van der Waals surface area contributed by atoms with Crippen LogP contribution < -0.4 is 14.9 Å². The quantitative estimate of drug-likeness (QED) is 0.818. The normalized spacial score (nSPS) is 19.9. The Morgan fingerprint density at radius 3 is 2.88 bits per heavy atom. The number of sulfonamides is 1. The van der Waals surface area contributed by atoms with Crippen LogP contribution in [-0.4, -0.2) is 40.0 Å². The van der Waals surface area contributed by atoms with Crippen molar-refractivity contribution in [2.45, 2.75) is 43.5 Å². The van der Waals surface area contributed by atoms with E-state index >= 15 is 0 Å². The number of amides is 1. The number of halogens is 1. The molecule has 0 aliphatic carbocycles. The van der Waals surface area contributed by atoms with E-state index in [1.165, 1.54) is 0 Å². The van der Waals surface area contributed by atoms with E-state index in [0.717, 1.165) is 37.1 Å². The zero-order chi connectivity index (χ0) is 16.4. The number of anilines is 1. The van der Waals surface area contributed by atoms with Crippen LogP contribution in [-0.2, 0) is 21.2 Å². The maximum Gasteiger partial charge on any atom is 0.240 e. The van der Waals surface area contributed by atoms with Crippen molar-refractivity contribution in [1.82, 2.24) is 10.0 Å². The molecule has 2 N–H and O–H groups in total. The average Bonchev–Trinajstić information content (AvgIpc) is 3.15. The highest BCUT2D eigenvalue weighted by atomic mass is 35.5. The van der Waals surface area contributed by atoms with Crippen LogP contribution in [0.3, 0.4) is 0 Å². The summed E-state index contributed by atoms with van der Waals surface area (Å²) in [4.78, 5) is 14.5. The lowest BCUT2D eigenvalue weighted by molar-refractivity contribution is -0.118. The van der Waals surface area contributed by atoms with Gasteiger partial charge in [0.25, 0.3) is 0 Å². The zero-order valence-corrected chi connectivity index (χ0v) is 15.4. The summed E-state index contributed by atoms with van der Waals surface area (Å²) in [5.74, 6) is 0.0705. The lowest BCUT2D eigenvalue weighted by atomic mass is 10.1. The summed E-state index contributed by atoms with van der Waals surface area (Å²) in [6.45, 7) is 3.69. The van der Waals surface area contributed by atoms with Gasteiger partial charge in [0.2, 0.25) is 15.9 Å². The van der Waals surface area contributed by atoms with Crippen LogP contribution >= 0.6 is 12.4 Å². The van der Waals surface area contributed by atoms with Gasteiger partial charge in [-0.3, -0.25) is 4.79 Å². The summed E-state index contributed by atoms with van der Waals surface area (Å²) < 4.78 is 26.8. The Balaban J connectivity index is 0.00000208. The van der Waals surface area contributed by atoms with Crippen LogP contribution in [0.1, 0.15) is 31.7 Å². The molecule has 0 spiro atoms. The molecule has 134 valence electrons. The molecule has 0 saturated carbocycles. The first-order chi connectivity index (χ1) is 11.0. The van der Waals surface area contributed by atoms with Gasteiger partial charge in [0.05, 0.1) is 4.90 Å². The minimum absolute atomic E-state index is 0. The number of hydrogen-bond acceptors (Lipinski definition) is 4. The van der Waals surface area contributed by atoms with Crippen molar-refractivity contribution < 1.29 is 13.2 Å². The highest BCUT2D eigenvalue weighted by Gasteiger charge is 2.29. The smallest absolute Gasteiger partial charge is 0.240 e. The summed E-state index contributed by atoms with van der Waals surface area (Å²) in [6, 6.07) is 5.31.